The minimum Gasteiger partial charge on any atom is -0.305 e. The minimum atomic E-state index is -0.860. The number of aryl methyl sites for hydroxylation is 1. The van der Waals surface area contributed by atoms with Gasteiger partial charge in [0.05, 0.1) is 22.7 Å². The van der Waals surface area contributed by atoms with Crippen LogP contribution in [0, 0.1) is 17.8 Å². The van der Waals surface area contributed by atoms with Crippen LogP contribution in [0.3, 0.4) is 0 Å². The summed E-state index contributed by atoms with van der Waals surface area (Å²) in [6.45, 7) is 3.82. The fourth-order valence-corrected chi connectivity index (χ4v) is 4.19. The predicted molar refractivity (Wildman–Crippen MR) is 129 cm³/mol. The monoisotopic (exact) mass is 466 g/mol. The Bertz CT molecular complexity index is 1250. The molecule has 0 aliphatic rings. The Morgan fingerprint density at radius 1 is 0.971 bits per heavy atom. The van der Waals surface area contributed by atoms with E-state index in [9.17, 15) is 24.4 Å². The first-order valence-electron chi connectivity index (χ1n) is 11.3. The summed E-state index contributed by atoms with van der Waals surface area (Å²) in [5.74, 6) is -2.96. The largest absolute Gasteiger partial charge is 0.348 e. The Balaban J connectivity index is 1.86. The zero-order valence-electron chi connectivity index (χ0n) is 19.3. The minimum absolute atomic E-state index is 0.0467. The van der Waals surface area contributed by atoms with Gasteiger partial charge in [-0.3, -0.25) is 25.0 Å². The number of H-pyrrole nitrogens is 1. The van der Waals surface area contributed by atoms with Gasteiger partial charge in [-0.15, -0.1) is 0 Å². The van der Waals surface area contributed by atoms with Crippen molar-refractivity contribution >= 4 is 22.7 Å². The van der Waals surface area contributed by atoms with E-state index >= 15 is 0 Å². The summed E-state index contributed by atoms with van der Waals surface area (Å²) in [5.41, 5.74) is 4.10. The number of aromatic nitrogens is 2. The molecule has 0 radical (unpaired) electrons. The van der Waals surface area contributed by atoms with Crippen LogP contribution in [0.15, 0.2) is 64.2 Å². The van der Waals surface area contributed by atoms with Crippen LogP contribution in [0.5, 0.6) is 0 Å². The summed E-state index contributed by atoms with van der Waals surface area (Å²) < 4.78 is 0.635. The molecule has 9 heteroatoms. The SMILES string of the molecule is CC(C)C[C@@H](C(=O)Nn1c(=O)[nH]c2ccccc2c1=O)[C@H](CCCc1ccccc1)C(=O)NO. The molecule has 0 aliphatic carbocycles. The zero-order valence-corrected chi connectivity index (χ0v) is 19.3. The second kappa shape index (κ2) is 11.4. The molecule has 180 valence electrons. The Morgan fingerprint density at radius 2 is 1.65 bits per heavy atom. The van der Waals surface area contributed by atoms with E-state index in [1.165, 1.54) is 0 Å². The maximum absolute atomic E-state index is 13.3. The molecule has 0 fully saturated rings. The van der Waals surface area contributed by atoms with Crippen molar-refractivity contribution in [1.82, 2.24) is 15.1 Å². The lowest BCUT2D eigenvalue weighted by atomic mass is 9.81. The first-order chi connectivity index (χ1) is 16.3. The van der Waals surface area contributed by atoms with Gasteiger partial charge < -0.3 is 4.98 Å². The molecule has 2 aromatic carbocycles. The van der Waals surface area contributed by atoms with Gasteiger partial charge in [-0.1, -0.05) is 56.3 Å². The van der Waals surface area contributed by atoms with Gasteiger partial charge in [0.15, 0.2) is 0 Å². The average Bonchev–Trinajstić information content (AvgIpc) is 2.83. The predicted octanol–water partition coefficient (Wildman–Crippen LogP) is 2.57. The number of hydrogen-bond donors (Lipinski definition) is 4. The van der Waals surface area contributed by atoms with Gasteiger partial charge in [0.2, 0.25) is 11.8 Å². The number of fused-ring (bicyclic) bond motifs is 1. The van der Waals surface area contributed by atoms with Crippen LogP contribution in [-0.4, -0.2) is 26.7 Å². The molecule has 2 atom stereocenters. The van der Waals surface area contributed by atoms with Crippen molar-refractivity contribution in [2.45, 2.75) is 39.5 Å². The van der Waals surface area contributed by atoms with Gasteiger partial charge >= 0.3 is 5.69 Å². The van der Waals surface area contributed by atoms with Gasteiger partial charge in [-0.2, -0.15) is 4.68 Å². The second-order valence-corrected chi connectivity index (χ2v) is 8.79. The Morgan fingerprint density at radius 3 is 2.32 bits per heavy atom. The normalized spacial score (nSPS) is 12.9. The molecule has 0 saturated carbocycles. The van der Waals surface area contributed by atoms with Crippen LogP contribution in [0.1, 0.15) is 38.7 Å². The van der Waals surface area contributed by atoms with E-state index in [0.29, 0.717) is 35.9 Å². The van der Waals surface area contributed by atoms with E-state index < -0.39 is 34.9 Å². The van der Waals surface area contributed by atoms with Gasteiger partial charge in [-0.05, 0) is 49.3 Å². The Labute approximate surface area is 196 Å². The number of benzene rings is 2. The number of nitrogens with zero attached hydrogens (tertiary/aromatic N) is 1. The summed E-state index contributed by atoms with van der Waals surface area (Å²) in [4.78, 5) is 53.8. The van der Waals surface area contributed by atoms with Crippen molar-refractivity contribution < 1.29 is 14.8 Å². The Kier molecular flexibility index (Phi) is 8.37. The maximum atomic E-state index is 13.3. The molecule has 3 rings (SSSR count). The number of amides is 2. The van der Waals surface area contributed by atoms with Crippen molar-refractivity contribution in [1.29, 1.82) is 0 Å². The third-order valence-corrected chi connectivity index (χ3v) is 5.85. The van der Waals surface area contributed by atoms with E-state index in [4.69, 9.17) is 0 Å². The fraction of sp³-hybridized carbons (Fsp3) is 0.360. The van der Waals surface area contributed by atoms with Crippen molar-refractivity contribution in [3.8, 4) is 0 Å². The van der Waals surface area contributed by atoms with Crippen LogP contribution in [0.2, 0.25) is 0 Å². The molecular formula is C25H30N4O5. The molecule has 0 bridgehead atoms. The highest BCUT2D eigenvalue weighted by Gasteiger charge is 2.34. The number of aromatic amines is 1. The smallest absolute Gasteiger partial charge is 0.305 e. The van der Waals surface area contributed by atoms with Gasteiger partial charge in [-0.25, -0.2) is 10.3 Å². The molecule has 0 unspecified atom stereocenters. The van der Waals surface area contributed by atoms with Crippen LogP contribution in [0.25, 0.3) is 10.9 Å². The molecule has 0 saturated heterocycles. The van der Waals surface area contributed by atoms with Crippen molar-refractivity contribution in [2.75, 3.05) is 5.43 Å². The van der Waals surface area contributed by atoms with Crippen LogP contribution < -0.4 is 22.2 Å². The molecular weight excluding hydrogens is 436 g/mol. The summed E-state index contributed by atoms with van der Waals surface area (Å²) >= 11 is 0. The third-order valence-electron chi connectivity index (χ3n) is 5.85. The lowest BCUT2D eigenvalue weighted by Crippen LogP contribution is -2.48. The molecule has 4 N–H and O–H groups in total. The standard InChI is InChI=1S/C25H30N4O5/c1-16(2)15-20(18(23(31)28-34)13-8-11-17-9-4-3-5-10-17)22(30)27-29-24(32)19-12-6-7-14-21(19)26-25(29)33/h3-7,9-10,12,14,16,18,20,34H,8,11,13,15H2,1-2H3,(H,26,33)(H,27,30)(H,28,31)/t18-,20+/m0/s1. The number of para-hydroxylation sites is 1. The van der Waals surface area contributed by atoms with Crippen molar-refractivity contribution in [3.63, 3.8) is 0 Å². The quantitative estimate of drug-likeness (QED) is 0.269. The molecule has 1 aromatic heterocycles. The topological polar surface area (TPSA) is 133 Å². The maximum Gasteiger partial charge on any atom is 0.348 e. The number of carbonyl (C=O) groups excluding carboxylic acids is 2. The van der Waals surface area contributed by atoms with Crippen molar-refractivity contribution in [3.05, 3.63) is 81.0 Å². The molecule has 0 spiro atoms. The highest BCUT2D eigenvalue weighted by atomic mass is 16.5. The highest BCUT2D eigenvalue weighted by Crippen LogP contribution is 2.26. The van der Waals surface area contributed by atoms with E-state index in [1.807, 2.05) is 44.2 Å². The number of rotatable bonds is 10. The van der Waals surface area contributed by atoms with E-state index in [1.54, 1.807) is 29.7 Å². The lowest BCUT2D eigenvalue weighted by molar-refractivity contribution is -0.139. The molecule has 9 nitrogen and oxygen atoms in total. The summed E-state index contributed by atoms with van der Waals surface area (Å²) in [6.07, 6.45) is 1.99. The number of nitrogens with one attached hydrogen (secondary N) is 3. The van der Waals surface area contributed by atoms with E-state index in [-0.39, 0.29) is 11.3 Å². The average molecular weight is 467 g/mol. The van der Waals surface area contributed by atoms with Crippen LogP contribution in [-0.2, 0) is 16.0 Å². The number of carbonyl (C=O) groups is 2. The van der Waals surface area contributed by atoms with Gasteiger partial charge in [0.25, 0.3) is 5.56 Å². The summed E-state index contributed by atoms with van der Waals surface area (Å²) in [6, 6.07) is 16.2. The summed E-state index contributed by atoms with van der Waals surface area (Å²) in [5, 5.41) is 9.59. The molecule has 34 heavy (non-hydrogen) atoms. The second-order valence-electron chi connectivity index (χ2n) is 8.79. The number of hydroxylamine groups is 1. The third kappa shape index (κ3) is 5.99. The van der Waals surface area contributed by atoms with Gasteiger partial charge in [0.1, 0.15) is 0 Å². The van der Waals surface area contributed by atoms with E-state index in [0.717, 1.165) is 5.56 Å². The molecule has 0 aliphatic heterocycles. The van der Waals surface area contributed by atoms with E-state index in [2.05, 4.69) is 10.4 Å². The fourth-order valence-electron chi connectivity index (χ4n) is 4.19. The van der Waals surface area contributed by atoms with Crippen LogP contribution in [0.4, 0.5) is 0 Å². The highest BCUT2D eigenvalue weighted by molar-refractivity contribution is 5.91. The lowest BCUT2D eigenvalue weighted by Gasteiger charge is -2.26. The van der Waals surface area contributed by atoms with Crippen molar-refractivity contribution in [2.24, 2.45) is 17.8 Å². The number of hydrogen-bond acceptors (Lipinski definition) is 5. The first kappa shape index (κ1) is 24.9. The molecule has 2 amide bonds. The zero-order chi connectivity index (χ0) is 24.7. The van der Waals surface area contributed by atoms with Crippen LogP contribution >= 0.6 is 0 Å². The molecule has 1 heterocycles. The Hall–Kier alpha value is -3.72. The summed E-state index contributed by atoms with van der Waals surface area (Å²) in [7, 11) is 0. The van der Waals surface area contributed by atoms with Gasteiger partial charge in [0, 0.05) is 0 Å². The first-order valence-corrected chi connectivity index (χ1v) is 11.3. The molecule has 3 aromatic rings.